The highest BCUT2D eigenvalue weighted by molar-refractivity contribution is 5.97. The van der Waals surface area contributed by atoms with Crippen molar-refractivity contribution in [3.8, 4) is 0 Å². The van der Waals surface area contributed by atoms with Crippen molar-refractivity contribution in [2.45, 2.75) is 32.0 Å². The predicted octanol–water partition coefficient (Wildman–Crippen LogP) is 2.49. The van der Waals surface area contributed by atoms with Crippen LogP contribution in [0.4, 0.5) is 18.9 Å². The standard InChI is InChI=1S/C16H20F3N3O2/c1-10(23)21-13-8-11(7-12(9-13)16(17,18)19)15(24)22(2)14-3-5-20-6-4-14/h7-9,14,20H,3-6H2,1-2H3,(H,21,23). The van der Waals surface area contributed by atoms with Crippen molar-refractivity contribution in [3.63, 3.8) is 0 Å². The van der Waals surface area contributed by atoms with E-state index in [0.29, 0.717) is 0 Å². The molecule has 0 spiro atoms. The number of piperidine rings is 1. The van der Waals surface area contributed by atoms with Crippen molar-refractivity contribution in [3.05, 3.63) is 29.3 Å². The smallest absolute Gasteiger partial charge is 0.339 e. The third-order valence-corrected chi connectivity index (χ3v) is 4.00. The van der Waals surface area contributed by atoms with Gasteiger partial charge < -0.3 is 15.5 Å². The first-order valence-electron chi connectivity index (χ1n) is 7.66. The first kappa shape index (κ1) is 18.3. The van der Waals surface area contributed by atoms with Gasteiger partial charge in [0.2, 0.25) is 5.91 Å². The van der Waals surface area contributed by atoms with Gasteiger partial charge in [0.15, 0.2) is 0 Å². The normalized spacial score (nSPS) is 15.9. The summed E-state index contributed by atoms with van der Waals surface area (Å²) in [5.41, 5.74) is -1.09. The number of anilines is 1. The lowest BCUT2D eigenvalue weighted by Gasteiger charge is -2.32. The van der Waals surface area contributed by atoms with E-state index >= 15 is 0 Å². The average molecular weight is 343 g/mol. The summed E-state index contributed by atoms with van der Waals surface area (Å²) in [5, 5.41) is 5.49. The highest BCUT2D eigenvalue weighted by Gasteiger charge is 2.33. The van der Waals surface area contributed by atoms with Crippen LogP contribution < -0.4 is 10.6 Å². The van der Waals surface area contributed by atoms with Crippen molar-refractivity contribution < 1.29 is 22.8 Å². The van der Waals surface area contributed by atoms with Gasteiger partial charge in [-0.3, -0.25) is 9.59 Å². The van der Waals surface area contributed by atoms with Gasteiger partial charge in [-0.2, -0.15) is 13.2 Å². The van der Waals surface area contributed by atoms with E-state index in [1.807, 2.05) is 0 Å². The van der Waals surface area contributed by atoms with Gasteiger partial charge in [0, 0.05) is 31.3 Å². The zero-order valence-corrected chi connectivity index (χ0v) is 13.5. The lowest BCUT2D eigenvalue weighted by Crippen LogP contribution is -2.44. The zero-order chi connectivity index (χ0) is 17.9. The second kappa shape index (κ2) is 7.21. The van der Waals surface area contributed by atoms with Crippen LogP contribution in [0.25, 0.3) is 0 Å². The molecule has 0 atom stereocenters. The first-order chi connectivity index (χ1) is 11.2. The summed E-state index contributed by atoms with van der Waals surface area (Å²) < 4.78 is 39.2. The monoisotopic (exact) mass is 343 g/mol. The van der Waals surface area contributed by atoms with Gasteiger partial charge in [-0.15, -0.1) is 0 Å². The lowest BCUT2D eigenvalue weighted by molar-refractivity contribution is -0.137. The molecule has 0 unspecified atom stereocenters. The molecule has 1 saturated heterocycles. The number of benzene rings is 1. The number of alkyl halides is 3. The largest absolute Gasteiger partial charge is 0.416 e. The van der Waals surface area contributed by atoms with Crippen LogP contribution in [0.2, 0.25) is 0 Å². The summed E-state index contributed by atoms with van der Waals surface area (Å²) in [6.45, 7) is 2.73. The van der Waals surface area contributed by atoms with Gasteiger partial charge in [-0.25, -0.2) is 0 Å². The quantitative estimate of drug-likeness (QED) is 0.886. The molecule has 0 saturated carbocycles. The van der Waals surface area contributed by atoms with Crippen molar-refractivity contribution >= 4 is 17.5 Å². The van der Waals surface area contributed by atoms with E-state index in [2.05, 4.69) is 10.6 Å². The molecule has 132 valence electrons. The van der Waals surface area contributed by atoms with Gasteiger partial charge in [0.05, 0.1) is 5.56 Å². The van der Waals surface area contributed by atoms with Crippen LogP contribution >= 0.6 is 0 Å². The Balaban J connectivity index is 2.32. The van der Waals surface area contributed by atoms with E-state index in [-0.39, 0.29) is 17.3 Å². The van der Waals surface area contributed by atoms with E-state index < -0.39 is 23.6 Å². The topological polar surface area (TPSA) is 61.4 Å². The fraction of sp³-hybridized carbons (Fsp3) is 0.500. The van der Waals surface area contributed by atoms with Crippen LogP contribution in [-0.4, -0.2) is 42.9 Å². The maximum absolute atomic E-state index is 13.1. The maximum Gasteiger partial charge on any atom is 0.416 e. The van der Waals surface area contributed by atoms with E-state index in [4.69, 9.17) is 0 Å². The van der Waals surface area contributed by atoms with Gasteiger partial charge >= 0.3 is 6.18 Å². The molecule has 0 aromatic heterocycles. The number of rotatable bonds is 3. The van der Waals surface area contributed by atoms with Crippen molar-refractivity contribution in [2.24, 2.45) is 0 Å². The molecule has 2 amide bonds. The number of carbonyl (C=O) groups excluding carboxylic acids is 2. The lowest BCUT2D eigenvalue weighted by atomic mass is 10.0. The van der Waals surface area contributed by atoms with Crippen molar-refractivity contribution in [1.82, 2.24) is 10.2 Å². The Labute approximate surface area is 138 Å². The van der Waals surface area contributed by atoms with E-state index in [1.54, 1.807) is 7.05 Å². The Morgan fingerprint density at radius 3 is 2.38 bits per heavy atom. The molecule has 24 heavy (non-hydrogen) atoms. The average Bonchev–Trinajstić information content (AvgIpc) is 2.52. The molecule has 1 fully saturated rings. The Morgan fingerprint density at radius 1 is 1.21 bits per heavy atom. The van der Waals surface area contributed by atoms with Gasteiger partial charge in [-0.05, 0) is 44.1 Å². The second-order valence-corrected chi connectivity index (χ2v) is 5.88. The summed E-state index contributed by atoms with van der Waals surface area (Å²) in [7, 11) is 1.59. The van der Waals surface area contributed by atoms with Gasteiger partial charge in [0.1, 0.15) is 0 Å². The van der Waals surface area contributed by atoms with Gasteiger partial charge in [0.25, 0.3) is 5.91 Å². The SMILES string of the molecule is CC(=O)Nc1cc(C(=O)N(C)C2CCNCC2)cc(C(F)(F)F)c1. The molecule has 0 radical (unpaired) electrons. The minimum absolute atomic E-state index is 0.0162. The molecule has 0 aliphatic carbocycles. The number of hydrogen-bond acceptors (Lipinski definition) is 3. The highest BCUT2D eigenvalue weighted by Crippen LogP contribution is 2.32. The number of halogens is 3. The molecule has 8 heteroatoms. The third-order valence-electron chi connectivity index (χ3n) is 4.00. The van der Waals surface area contributed by atoms with Crippen LogP contribution in [0.15, 0.2) is 18.2 Å². The van der Waals surface area contributed by atoms with Crippen LogP contribution in [0.1, 0.15) is 35.7 Å². The minimum Gasteiger partial charge on any atom is -0.339 e. The predicted molar refractivity (Wildman–Crippen MR) is 83.7 cm³/mol. The molecular formula is C16H20F3N3O2. The number of carbonyl (C=O) groups is 2. The summed E-state index contributed by atoms with van der Waals surface area (Å²) in [5.74, 6) is -0.987. The fourth-order valence-corrected chi connectivity index (χ4v) is 2.75. The Hall–Kier alpha value is -2.09. The molecule has 5 nitrogen and oxygen atoms in total. The van der Waals surface area contributed by atoms with Crippen LogP contribution in [0, 0.1) is 0 Å². The molecular weight excluding hydrogens is 323 g/mol. The molecule has 0 bridgehead atoms. The van der Waals surface area contributed by atoms with E-state index in [9.17, 15) is 22.8 Å². The number of amides is 2. The van der Waals surface area contributed by atoms with Crippen LogP contribution in [-0.2, 0) is 11.0 Å². The minimum atomic E-state index is -4.60. The second-order valence-electron chi connectivity index (χ2n) is 5.88. The first-order valence-corrected chi connectivity index (χ1v) is 7.66. The van der Waals surface area contributed by atoms with Gasteiger partial charge in [-0.1, -0.05) is 0 Å². The molecule has 2 N–H and O–H groups in total. The molecule has 1 aliphatic heterocycles. The summed E-state index contributed by atoms with van der Waals surface area (Å²) >= 11 is 0. The Bertz CT molecular complexity index is 625. The highest BCUT2D eigenvalue weighted by atomic mass is 19.4. The number of hydrogen-bond donors (Lipinski definition) is 2. The fourth-order valence-electron chi connectivity index (χ4n) is 2.75. The van der Waals surface area contributed by atoms with E-state index in [1.165, 1.54) is 17.9 Å². The van der Waals surface area contributed by atoms with Crippen LogP contribution in [0.3, 0.4) is 0 Å². The Morgan fingerprint density at radius 2 is 1.83 bits per heavy atom. The van der Waals surface area contributed by atoms with Crippen molar-refractivity contribution in [2.75, 3.05) is 25.5 Å². The molecule has 2 rings (SSSR count). The molecule has 1 heterocycles. The number of nitrogens with zero attached hydrogens (tertiary/aromatic N) is 1. The molecule has 1 aromatic carbocycles. The Kier molecular flexibility index (Phi) is 5.48. The number of nitrogens with one attached hydrogen (secondary N) is 2. The van der Waals surface area contributed by atoms with E-state index in [0.717, 1.165) is 38.1 Å². The third kappa shape index (κ3) is 4.47. The molecule has 1 aliphatic rings. The molecule has 1 aromatic rings. The summed E-state index contributed by atoms with van der Waals surface area (Å²) in [6.07, 6.45) is -3.10. The van der Waals surface area contributed by atoms with Crippen LogP contribution in [0.5, 0.6) is 0 Å². The zero-order valence-electron chi connectivity index (χ0n) is 13.5. The maximum atomic E-state index is 13.1. The van der Waals surface area contributed by atoms with Crippen molar-refractivity contribution in [1.29, 1.82) is 0 Å². The summed E-state index contributed by atoms with van der Waals surface area (Å²) in [6, 6.07) is 2.90. The summed E-state index contributed by atoms with van der Waals surface area (Å²) in [4.78, 5) is 25.2.